The molecule has 9 heteroatoms. The Morgan fingerprint density at radius 1 is 1.35 bits per heavy atom. The summed E-state index contributed by atoms with van der Waals surface area (Å²) < 4.78 is 27.0. The number of rotatable bonds is 2. The van der Waals surface area contributed by atoms with Gasteiger partial charge in [0.05, 0.1) is 24.4 Å². The van der Waals surface area contributed by atoms with Crippen molar-refractivity contribution in [2.45, 2.75) is 70.7 Å². The van der Waals surface area contributed by atoms with E-state index in [1.165, 1.54) is 0 Å². The minimum atomic E-state index is -3.71. The molecule has 0 aromatic heterocycles. The Bertz CT molecular complexity index is 725. The molecule has 0 radical (unpaired) electrons. The maximum atomic E-state index is 13.2. The van der Waals surface area contributed by atoms with Crippen LogP contribution in [0, 0.1) is 16.7 Å². The lowest BCUT2D eigenvalue weighted by atomic mass is 9.69. The van der Waals surface area contributed by atoms with Gasteiger partial charge in [-0.15, -0.1) is 0 Å². The number of carbonyl (C=O) groups is 1. The first-order valence-electron chi connectivity index (χ1n) is 9.36. The van der Waals surface area contributed by atoms with E-state index >= 15 is 0 Å². The second kappa shape index (κ2) is 5.56. The highest BCUT2D eigenvalue weighted by Gasteiger charge is 2.72. The Kier molecular flexibility index (Phi) is 3.95. The monoisotopic (exact) mass is 388 g/mol. The summed E-state index contributed by atoms with van der Waals surface area (Å²) in [5.74, 6) is 0.448. The lowest BCUT2D eigenvalue weighted by molar-refractivity contribution is -0.158. The summed E-state index contributed by atoms with van der Waals surface area (Å²) in [5, 5.41) is 20.0. The fraction of sp³-hybridized carbons (Fsp3) is 0.941. The van der Waals surface area contributed by atoms with Crippen molar-refractivity contribution in [1.29, 1.82) is 0 Å². The minimum absolute atomic E-state index is 0.0187. The number of hydrogen-bond acceptors (Lipinski definition) is 6. The molecular weight excluding hydrogens is 360 g/mol. The van der Waals surface area contributed by atoms with E-state index in [-0.39, 0.29) is 28.7 Å². The highest BCUT2D eigenvalue weighted by molar-refractivity contribution is 7.90. The van der Waals surface area contributed by atoms with Gasteiger partial charge in [-0.2, -0.15) is 5.06 Å². The van der Waals surface area contributed by atoms with Gasteiger partial charge in [-0.3, -0.25) is 4.84 Å². The van der Waals surface area contributed by atoms with Gasteiger partial charge in [0.25, 0.3) is 0 Å². The van der Waals surface area contributed by atoms with Crippen molar-refractivity contribution in [2.75, 3.05) is 12.4 Å². The molecule has 3 unspecified atom stereocenters. The first kappa shape index (κ1) is 18.5. The van der Waals surface area contributed by atoms with E-state index in [0.29, 0.717) is 18.8 Å². The van der Waals surface area contributed by atoms with Crippen LogP contribution in [0.4, 0.5) is 4.79 Å². The van der Waals surface area contributed by atoms with Gasteiger partial charge in [-0.25, -0.2) is 17.5 Å². The van der Waals surface area contributed by atoms with Crippen molar-refractivity contribution >= 4 is 16.1 Å². The second-order valence-electron chi connectivity index (χ2n) is 9.00. The summed E-state index contributed by atoms with van der Waals surface area (Å²) >= 11 is 0. The average molecular weight is 388 g/mol. The van der Waals surface area contributed by atoms with Gasteiger partial charge >= 0.3 is 6.03 Å². The molecule has 0 aromatic carbocycles. The largest absolute Gasteiger partial charge is 0.394 e. The van der Waals surface area contributed by atoms with Crippen LogP contribution in [-0.4, -0.2) is 70.7 Å². The van der Waals surface area contributed by atoms with Crippen LogP contribution in [0.1, 0.15) is 46.5 Å². The summed E-state index contributed by atoms with van der Waals surface area (Å²) in [6, 6.07) is -1.34. The second-order valence-corrected chi connectivity index (χ2v) is 10.8. The van der Waals surface area contributed by atoms with Gasteiger partial charge in [0.15, 0.2) is 0 Å². The van der Waals surface area contributed by atoms with Crippen molar-refractivity contribution in [3.8, 4) is 0 Å². The van der Waals surface area contributed by atoms with Gasteiger partial charge in [0.1, 0.15) is 12.2 Å². The molecule has 4 rings (SSSR count). The molecule has 26 heavy (non-hydrogen) atoms. The van der Waals surface area contributed by atoms with E-state index in [1.54, 1.807) is 6.92 Å². The maximum Gasteiger partial charge on any atom is 0.358 e. The van der Waals surface area contributed by atoms with Gasteiger partial charge in [-0.1, -0.05) is 13.8 Å². The summed E-state index contributed by atoms with van der Waals surface area (Å²) in [6.07, 6.45) is 1.10. The molecule has 0 aromatic rings. The molecule has 2 amide bonds. The third-order valence-electron chi connectivity index (χ3n) is 7.63. The molecule has 2 aliphatic heterocycles. The third kappa shape index (κ3) is 2.17. The number of urea groups is 1. The summed E-state index contributed by atoms with van der Waals surface area (Å²) in [4.78, 5) is 18.7. The first-order chi connectivity index (χ1) is 12.0. The number of aliphatic hydroxyl groups excluding tert-OH is 2. The Morgan fingerprint density at radius 2 is 2.04 bits per heavy atom. The fourth-order valence-electron chi connectivity index (χ4n) is 5.94. The van der Waals surface area contributed by atoms with Crippen LogP contribution in [0.2, 0.25) is 0 Å². The smallest absolute Gasteiger partial charge is 0.358 e. The van der Waals surface area contributed by atoms with Crippen molar-refractivity contribution in [1.82, 2.24) is 9.37 Å². The molecule has 6 atom stereocenters. The molecule has 2 bridgehead atoms. The summed E-state index contributed by atoms with van der Waals surface area (Å²) in [7, 11) is -3.71. The number of amides is 2. The average Bonchev–Trinajstić information content (AvgIpc) is 3.19. The number of hydroxylamine groups is 2. The normalized spacial score (nSPS) is 43.7. The van der Waals surface area contributed by atoms with Gasteiger partial charge in [0, 0.05) is 11.8 Å². The first-order valence-corrected chi connectivity index (χ1v) is 11.0. The van der Waals surface area contributed by atoms with Crippen LogP contribution in [0.25, 0.3) is 0 Å². The predicted molar refractivity (Wildman–Crippen MR) is 92.2 cm³/mol. The number of aliphatic hydroxyl groups is 2. The molecule has 2 heterocycles. The molecule has 4 aliphatic rings. The molecule has 2 aliphatic carbocycles. The molecule has 4 fully saturated rings. The molecular formula is C17H28N2O6S. The Morgan fingerprint density at radius 3 is 2.65 bits per heavy atom. The predicted octanol–water partition coefficient (Wildman–Crippen LogP) is 0.694. The quantitative estimate of drug-likeness (QED) is 0.721. The van der Waals surface area contributed by atoms with E-state index in [9.17, 15) is 18.3 Å². The van der Waals surface area contributed by atoms with Crippen LogP contribution < -0.4 is 0 Å². The highest BCUT2D eigenvalue weighted by Crippen LogP contribution is 2.70. The van der Waals surface area contributed by atoms with E-state index in [4.69, 9.17) is 9.94 Å². The lowest BCUT2D eigenvalue weighted by Gasteiger charge is -2.37. The lowest BCUT2D eigenvalue weighted by Crippen LogP contribution is -2.50. The molecule has 2 saturated heterocycles. The zero-order valence-corrected chi connectivity index (χ0v) is 16.3. The number of nitrogens with zero attached hydrogens (tertiary/aromatic N) is 2. The summed E-state index contributed by atoms with van der Waals surface area (Å²) in [6.45, 7) is 5.56. The van der Waals surface area contributed by atoms with Crippen LogP contribution in [0.3, 0.4) is 0 Å². The number of carbonyl (C=O) groups excluding carboxylic acids is 1. The third-order valence-corrected chi connectivity index (χ3v) is 9.52. The Hall–Kier alpha value is -0.900. The summed E-state index contributed by atoms with van der Waals surface area (Å²) in [5.41, 5.74) is -0.480. The minimum Gasteiger partial charge on any atom is -0.394 e. The van der Waals surface area contributed by atoms with E-state index in [2.05, 4.69) is 13.8 Å². The van der Waals surface area contributed by atoms with Crippen molar-refractivity contribution < 1.29 is 28.3 Å². The van der Waals surface area contributed by atoms with Crippen LogP contribution in [-0.2, 0) is 14.9 Å². The molecule has 2 N–H and O–H groups in total. The number of hydrogen-bond donors (Lipinski definition) is 2. The van der Waals surface area contributed by atoms with Gasteiger partial charge in [0.2, 0.25) is 10.0 Å². The molecule has 148 valence electrons. The van der Waals surface area contributed by atoms with Crippen LogP contribution in [0.5, 0.6) is 0 Å². The Balaban J connectivity index is 1.63. The maximum absolute atomic E-state index is 13.2. The fourth-order valence-corrected chi connectivity index (χ4v) is 8.43. The Labute approximate surface area is 154 Å². The highest BCUT2D eigenvalue weighted by atomic mass is 32.2. The molecule has 8 nitrogen and oxygen atoms in total. The number of sulfonamides is 1. The standard InChI is InChI=1S/C17H28N2O6S/c1-10-6-13(12(21)8-20)25-18(10)15(22)19-14-7-11-4-5-17(14,16(11,2)3)9-26(19,23)24/h10-14,20-21H,4-9H2,1-3H3/t10?,11-,12-,13?,14?,17-/m1/s1. The van der Waals surface area contributed by atoms with Crippen molar-refractivity contribution in [3.63, 3.8) is 0 Å². The van der Waals surface area contributed by atoms with E-state index < -0.39 is 34.9 Å². The van der Waals surface area contributed by atoms with Crippen LogP contribution in [0.15, 0.2) is 0 Å². The van der Waals surface area contributed by atoms with Crippen LogP contribution >= 0.6 is 0 Å². The topological polar surface area (TPSA) is 107 Å². The van der Waals surface area contributed by atoms with Crippen molar-refractivity contribution in [2.24, 2.45) is 16.7 Å². The van der Waals surface area contributed by atoms with Gasteiger partial charge < -0.3 is 10.2 Å². The van der Waals surface area contributed by atoms with Crippen molar-refractivity contribution in [3.05, 3.63) is 0 Å². The molecule has 2 saturated carbocycles. The number of fused-ring (bicyclic) bond motifs is 1. The van der Waals surface area contributed by atoms with E-state index in [1.807, 2.05) is 0 Å². The zero-order valence-electron chi connectivity index (χ0n) is 15.5. The zero-order chi connectivity index (χ0) is 19.1. The molecule has 1 spiro atoms. The van der Waals surface area contributed by atoms with E-state index in [0.717, 1.165) is 22.2 Å². The SMILES string of the molecule is CC1CC([C@H](O)CO)ON1C(=O)N1C2C[C@H]3CC[C@]2(CS1(=O)=O)C3(C)C. The van der Waals surface area contributed by atoms with Gasteiger partial charge in [-0.05, 0) is 37.5 Å².